The van der Waals surface area contributed by atoms with Gasteiger partial charge in [-0.15, -0.1) is 0 Å². The van der Waals surface area contributed by atoms with E-state index in [9.17, 15) is 22.8 Å². The summed E-state index contributed by atoms with van der Waals surface area (Å²) in [4.78, 5) is 42.5. The molecule has 3 heterocycles. The number of carboxylic acid groups (broad SMARTS) is 1. The summed E-state index contributed by atoms with van der Waals surface area (Å²) in [5.74, 6) is -3.08. The third-order valence-corrected chi connectivity index (χ3v) is 5.04. The highest BCUT2D eigenvalue weighted by atomic mass is 19.4. The minimum atomic E-state index is -5.08. The lowest BCUT2D eigenvalue weighted by Gasteiger charge is -2.40. The van der Waals surface area contributed by atoms with Gasteiger partial charge in [-0.3, -0.25) is 19.7 Å². The Hall–Kier alpha value is -3.96. The number of hydrogen-bond donors (Lipinski definition) is 2. The number of nitrogens with zero attached hydrogens (tertiary/aromatic N) is 4. The molecule has 2 aromatic heterocycles. The number of aromatic amines is 1. The maximum Gasteiger partial charge on any atom is 0.490 e. The van der Waals surface area contributed by atoms with Crippen LogP contribution in [0.4, 0.5) is 18.9 Å². The molecule has 0 radical (unpaired) electrons. The molecule has 0 aliphatic carbocycles. The Morgan fingerprint density at radius 3 is 2.36 bits per heavy atom. The minimum Gasteiger partial charge on any atom is -0.475 e. The fraction of sp³-hybridized carbons (Fsp3) is 0.286. The largest absolute Gasteiger partial charge is 0.490 e. The molecule has 1 saturated heterocycles. The molecule has 1 aliphatic heterocycles. The number of rotatable bonds is 2. The molecule has 1 aromatic carbocycles. The van der Waals surface area contributed by atoms with Crippen LogP contribution in [-0.2, 0) is 4.79 Å². The number of halogens is 3. The van der Waals surface area contributed by atoms with Crippen molar-refractivity contribution in [3.05, 3.63) is 64.7 Å². The number of carbonyl (C=O) groups excluding carboxylic acids is 1. The first-order chi connectivity index (χ1) is 15.6. The Bertz CT molecular complexity index is 1200. The number of fused-ring (bicyclic) bond motifs is 1. The van der Waals surface area contributed by atoms with Gasteiger partial charge in [-0.1, -0.05) is 12.1 Å². The molecule has 0 spiro atoms. The van der Waals surface area contributed by atoms with Gasteiger partial charge in [0.05, 0.1) is 5.52 Å². The van der Waals surface area contributed by atoms with Gasteiger partial charge in [0.2, 0.25) is 5.43 Å². The third-order valence-electron chi connectivity index (χ3n) is 5.04. The Kier molecular flexibility index (Phi) is 6.95. The Morgan fingerprint density at radius 1 is 1.12 bits per heavy atom. The molecule has 1 atom stereocenters. The van der Waals surface area contributed by atoms with Gasteiger partial charge in [0.25, 0.3) is 5.91 Å². The smallest absolute Gasteiger partial charge is 0.475 e. The maximum atomic E-state index is 12.9. The van der Waals surface area contributed by atoms with Crippen LogP contribution in [0.25, 0.3) is 10.9 Å². The second-order valence-corrected chi connectivity index (χ2v) is 7.25. The van der Waals surface area contributed by atoms with Gasteiger partial charge in [0.1, 0.15) is 0 Å². The zero-order chi connectivity index (χ0) is 24.2. The van der Waals surface area contributed by atoms with E-state index in [0.717, 1.165) is 5.69 Å². The van der Waals surface area contributed by atoms with Crippen LogP contribution in [0.3, 0.4) is 0 Å². The maximum absolute atomic E-state index is 12.9. The number of amides is 1. The van der Waals surface area contributed by atoms with Crippen LogP contribution in [-0.4, -0.2) is 68.9 Å². The molecule has 3 aromatic rings. The lowest BCUT2D eigenvalue weighted by atomic mass is 10.1. The van der Waals surface area contributed by atoms with Crippen LogP contribution in [0, 0.1) is 0 Å². The van der Waals surface area contributed by atoms with Crippen LogP contribution in [0.1, 0.15) is 17.4 Å². The molecule has 0 saturated carbocycles. The van der Waals surface area contributed by atoms with Gasteiger partial charge in [-0.25, -0.2) is 4.79 Å². The fourth-order valence-corrected chi connectivity index (χ4v) is 3.40. The molecule has 174 valence electrons. The first-order valence-electron chi connectivity index (χ1n) is 9.83. The van der Waals surface area contributed by atoms with Crippen LogP contribution in [0.15, 0.2) is 53.6 Å². The molecule has 1 amide bonds. The zero-order valence-electron chi connectivity index (χ0n) is 17.4. The molecule has 1 fully saturated rings. The molecule has 33 heavy (non-hydrogen) atoms. The number of H-pyrrole nitrogens is 1. The molecule has 1 aliphatic rings. The average molecular weight is 463 g/mol. The number of para-hydroxylation sites is 1. The summed E-state index contributed by atoms with van der Waals surface area (Å²) in [7, 11) is 0. The van der Waals surface area contributed by atoms with Crippen LogP contribution in [0.5, 0.6) is 0 Å². The number of aliphatic carboxylic acids is 1. The van der Waals surface area contributed by atoms with Crippen molar-refractivity contribution < 1.29 is 27.9 Å². The summed E-state index contributed by atoms with van der Waals surface area (Å²) in [6, 6.07) is 11.0. The monoisotopic (exact) mass is 463 g/mol. The van der Waals surface area contributed by atoms with E-state index in [1.807, 2.05) is 25.1 Å². The summed E-state index contributed by atoms with van der Waals surface area (Å²) >= 11 is 0. The number of aromatic nitrogens is 3. The van der Waals surface area contributed by atoms with Gasteiger partial charge in [0.15, 0.2) is 5.69 Å². The highest BCUT2D eigenvalue weighted by molar-refractivity contribution is 5.95. The number of alkyl halides is 3. The van der Waals surface area contributed by atoms with E-state index in [2.05, 4.69) is 20.1 Å². The average Bonchev–Trinajstić information content (AvgIpc) is 2.79. The topological polar surface area (TPSA) is 119 Å². The number of nitrogens with one attached hydrogen (secondary N) is 1. The number of hydrogen-bond acceptors (Lipinski definition) is 6. The van der Waals surface area contributed by atoms with Crippen LogP contribution in [0.2, 0.25) is 0 Å². The Labute approximate surface area is 185 Å². The first-order valence-corrected chi connectivity index (χ1v) is 9.83. The van der Waals surface area contributed by atoms with E-state index < -0.39 is 12.1 Å². The Morgan fingerprint density at radius 2 is 1.76 bits per heavy atom. The predicted octanol–water partition coefficient (Wildman–Crippen LogP) is 2.30. The lowest BCUT2D eigenvalue weighted by molar-refractivity contribution is -0.192. The standard InChI is InChI=1S/C19H19N5O2.C2HF3O2/c1-13-12-23(14-6-8-20-9-7-14)10-11-24(13)19(26)17-18(25)15-4-2-3-5-16(15)21-22-17;3-2(4,5)1(6)7/h2-9,13H,10-12H2,1H3,(H,21,25);(H,6,7). The normalized spacial score (nSPS) is 16.2. The summed E-state index contributed by atoms with van der Waals surface area (Å²) in [6.45, 7) is 3.92. The highest BCUT2D eigenvalue weighted by Gasteiger charge is 2.38. The Balaban J connectivity index is 0.000000383. The number of carboxylic acids is 1. The van der Waals surface area contributed by atoms with E-state index >= 15 is 0 Å². The molecule has 1 unspecified atom stereocenters. The molecule has 9 nitrogen and oxygen atoms in total. The number of anilines is 1. The van der Waals surface area contributed by atoms with E-state index in [0.29, 0.717) is 30.5 Å². The summed E-state index contributed by atoms with van der Waals surface area (Å²) in [5, 5.41) is 14.5. The zero-order valence-corrected chi connectivity index (χ0v) is 17.4. The van der Waals surface area contributed by atoms with Crippen molar-refractivity contribution in [3.8, 4) is 0 Å². The van der Waals surface area contributed by atoms with Gasteiger partial charge < -0.3 is 14.9 Å². The molecular weight excluding hydrogens is 443 g/mol. The fourth-order valence-electron chi connectivity index (χ4n) is 3.40. The second-order valence-electron chi connectivity index (χ2n) is 7.25. The number of benzene rings is 1. The predicted molar refractivity (Wildman–Crippen MR) is 113 cm³/mol. The lowest BCUT2D eigenvalue weighted by Crippen LogP contribution is -2.55. The van der Waals surface area contributed by atoms with Gasteiger partial charge in [-0.05, 0) is 31.2 Å². The molecule has 12 heteroatoms. The van der Waals surface area contributed by atoms with Crippen molar-refractivity contribution in [2.75, 3.05) is 24.5 Å². The van der Waals surface area contributed by atoms with Crippen LogP contribution >= 0.6 is 0 Å². The summed E-state index contributed by atoms with van der Waals surface area (Å²) < 4.78 is 31.7. The molecule has 4 rings (SSSR count). The van der Waals surface area contributed by atoms with Gasteiger partial charge in [-0.2, -0.15) is 18.3 Å². The highest BCUT2D eigenvalue weighted by Crippen LogP contribution is 2.19. The SMILES string of the molecule is CC1CN(c2ccncc2)CCN1C(=O)c1n[nH]c2ccccc2c1=O.O=C(O)C(F)(F)F. The van der Waals surface area contributed by atoms with Crippen molar-refractivity contribution in [3.63, 3.8) is 0 Å². The van der Waals surface area contributed by atoms with Crippen LogP contribution < -0.4 is 10.3 Å². The van der Waals surface area contributed by atoms with E-state index in [4.69, 9.17) is 9.90 Å². The number of piperazine rings is 1. The van der Waals surface area contributed by atoms with Crippen molar-refractivity contribution in [2.45, 2.75) is 19.1 Å². The van der Waals surface area contributed by atoms with E-state index in [-0.39, 0.29) is 23.1 Å². The first kappa shape index (κ1) is 23.7. The summed E-state index contributed by atoms with van der Waals surface area (Å²) in [6.07, 6.45) is -1.56. The minimum absolute atomic E-state index is 0.0305. The van der Waals surface area contributed by atoms with Crippen molar-refractivity contribution in [1.29, 1.82) is 0 Å². The van der Waals surface area contributed by atoms with Crippen molar-refractivity contribution in [1.82, 2.24) is 20.1 Å². The third kappa shape index (κ3) is 5.45. The number of carbonyl (C=O) groups is 2. The number of pyridine rings is 1. The van der Waals surface area contributed by atoms with Gasteiger partial charge in [0, 0.05) is 49.1 Å². The second kappa shape index (κ2) is 9.67. The molecular formula is C21H20F3N5O4. The van der Waals surface area contributed by atoms with E-state index in [1.165, 1.54) is 0 Å². The van der Waals surface area contributed by atoms with Gasteiger partial charge >= 0.3 is 12.1 Å². The van der Waals surface area contributed by atoms with E-state index in [1.54, 1.807) is 35.5 Å². The van der Waals surface area contributed by atoms with Crippen molar-refractivity contribution >= 4 is 28.5 Å². The molecule has 2 N–H and O–H groups in total. The quantitative estimate of drug-likeness (QED) is 0.599. The molecule has 0 bridgehead atoms. The summed E-state index contributed by atoms with van der Waals surface area (Å²) in [5.41, 5.74) is 1.34. The van der Waals surface area contributed by atoms with Crippen molar-refractivity contribution in [2.24, 2.45) is 0 Å².